The van der Waals surface area contributed by atoms with Crippen LogP contribution in [-0.4, -0.2) is 0 Å². The Morgan fingerprint density at radius 1 is 0.615 bits per heavy atom. The number of pyridine rings is 3. The number of aromatic nitrogens is 3. The number of fused-ring (bicyclic) bond motifs is 10. The molecule has 2 aliphatic heterocycles. The molecule has 0 bridgehead atoms. The molecule has 0 aliphatic carbocycles. The highest BCUT2D eigenvalue weighted by Gasteiger charge is 2.74. The van der Waals surface area contributed by atoms with Gasteiger partial charge in [-0.2, -0.15) is 0 Å². The Morgan fingerprint density at radius 2 is 1.27 bits per heavy atom. The standard InChI is InChI=1S/C23H18N3/c1-17-9-8-16-26-22(17)21-13-5-7-15-25(21)23(26)19-11-3-2-10-18(19)20-12-4-6-14-24(20)23/h2-16H,1H3/q+3. The fourth-order valence-corrected chi connectivity index (χ4v) is 4.78. The van der Waals surface area contributed by atoms with Crippen molar-refractivity contribution in [2.75, 3.05) is 0 Å². The molecule has 0 saturated heterocycles. The van der Waals surface area contributed by atoms with Crippen molar-refractivity contribution >= 4 is 0 Å². The number of benzene rings is 1. The van der Waals surface area contributed by atoms with Crippen LogP contribution in [-0.2, 0) is 5.79 Å². The second-order valence-corrected chi connectivity index (χ2v) is 7.00. The van der Waals surface area contributed by atoms with E-state index in [0.717, 1.165) is 0 Å². The summed E-state index contributed by atoms with van der Waals surface area (Å²) in [5, 5.41) is 0. The monoisotopic (exact) mass is 336 g/mol. The quantitative estimate of drug-likeness (QED) is 0.378. The smallest absolute Gasteiger partial charge is 0.0672 e. The lowest BCUT2D eigenvalue weighted by atomic mass is 10.0. The van der Waals surface area contributed by atoms with Crippen LogP contribution in [0.2, 0.25) is 0 Å². The van der Waals surface area contributed by atoms with Gasteiger partial charge in [0, 0.05) is 35.9 Å². The lowest BCUT2D eigenvalue weighted by Crippen LogP contribution is -2.83. The number of hydrogen-bond acceptors (Lipinski definition) is 0. The maximum atomic E-state index is 2.42. The van der Waals surface area contributed by atoms with Gasteiger partial charge in [0.1, 0.15) is 0 Å². The van der Waals surface area contributed by atoms with Crippen molar-refractivity contribution in [1.29, 1.82) is 0 Å². The van der Waals surface area contributed by atoms with E-state index >= 15 is 0 Å². The minimum atomic E-state index is -0.439. The van der Waals surface area contributed by atoms with Crippen LogP contribution in [0.3, 0.4) is 0 Å². The first-order valence-corrected chi connectivity index (χ1v) is 8.98. The summed E-state index contributed by atoms with van der Waals surface area (Å²) < 4.78 is 7.23. The lowest BCUT2D eigenvalue weighted by molar-refractivity contribution is -1.13. The van der Waals surface area contributed by atoms with E-state index in [1.54, 1.807) is 0 Å². The van der Waals surface area contributed by atoms with E-state index in [1.165, 1.54) is 33.8 Å². The van der Waals surface area contributed by atoms with Crippen molar-refractivity contribution in [3.63, 3.8) is 0 Å². The number of hydrogen-bond donors (Lipinski definition) is 0. The summed E-state index contributed by atoms with van der Waals surface area (Å²) in [4.78, 5) is 0. The zero-order valence-electron chi connectivity index (χ0n) is 14.5. The van der Waals surface area contributed by atoms with Gasteiger partial charge in [0.25, 0.3) is 11.4 Å². The summed E-state index contributed by atoms with van der Waals surface area (Å²) in [6.45, 7) is 2.19. The van der Waals surface area contributed by atoms with Crippen LogP contribution in [0.25, 0.3) is 22.6 Å². The van der Waals surface area contributed by atoms with E-state index in [0.29, 0.717) is 0 Å². The summed E-state index contributed by atoms with van der Waals surface area (Å²) in [5.74, 6) is -0.439. The average molecular weight is 336 g/mol. The van der Waals surface area contributed by atoms with E-state index in [2.05, 4.69) is 112 Å². The molecule has 1 unspecified atom stereocenters. The maximum absolute atomic E-state index is 2.42. The molecule has 1 atom stereocenters. The predicted octanol–water partition coefficient (Wildman–Crippen LogP) is 2.57. The first-order valence-electron chi connectivity index (χ1n) is 8.98. The van der Waals surface area contributed by atoms with Crippen molar-refractivity contribution in [1.82, 2.24) is 0 Å². The Hall–Kier alpha value is -3.33. The minimum absolute atomic E-state index is 0.439. The van der Waals surface area contributed by atoms with Gasteiger partial charge in [-0.25, -0.2) is 0 Å². The van der Waals surface area contributed by atoms with Gasteiger partial charge in [-0.05, 0) is 37.3 Å². The van der Waals surface area contributed by atoms with E-state index in [4.69, 9.17) is 0 Å². The summed E-state index contributed by atoms with van der Waals surface area (Å²) in [6, 6.07) is 26.0. The molecule has 26 heavy (non-hydrogen) atoms. The van der Waals surface area contributed by atoms with E-state index < -0.39 is 5.79 Å². The third kappa shape index (κ3) is 1.40. The van der Waals surface area contributed by atoms with E-state index in [1.807, 2.05) is 0 Å². The second-order valence-electron chi connectivity index (χ2n) is 7.00. The zero-order chi connectivity index (χ0) is 17.3. The van der Waals surface area contributed by atoms with Gasteiger partial charge in [-0.15, -0.1) is 0 Å². The molecule has 6 rings (SSSR count). The molecule has 1 spiro atoms. The Bertz CT molecular complexity index is 1160. The Kier molecular flexibility index (Phi) is 2.48. The number of aryl methyl sites for hydroxylation is 1. The molecule has 3 heteroatoms. The van der Waals surface area contributed by atoms with Crippen LogP contribution < -0.4 is 13.7 Å². The van der Waals surface area contributed by atoms with Crippen LogP contribution in [0.1, 0.15) is 11.1 Å². The first-order chi connectivity index (χ1) is 12.8. The molecule has 4 aromatic rings. The molecule has 0 radical (unpaired) electrons. The molecule has 122 valence electrons. The molecular formula is C23H18N3+3. The fraction of sp³-hybridized carbons (Fsp3) is 0.0870. The summed E-state index contributed by atoms with van der Waals surface area (Å²) in [7, 11) is 0. The molecule has 0 fully saturated rings. The predicted molar refractivity (Wildman–Crippen MR) is 97.0 cm³/mol. The van der Waals surface area contributed by atoms with Crippen molar-refractivity contribution in [3.05, 3.63) is 103 Å². The summed E-state index contributed by atoms with van der Waals surface area (Å²) >= 11 is 0. The maximum Gasteiger partial charge on any atom is 0.591 e. The SMILES string of the molecule is Cc1ccc[n+]2c1-c1cccc[n+]1C21c2ccccc2-c2cccc[n+]21. The number of nitrogens with zero attached hydrogens (tertiary/aromatic N) is 3. The molecule has 3 nitrogen and oxygen atoms in total. The van der Waals surface area contributed by atoms with E-state index in [-0.39, 0.29) is 0 Å². The fourth-order valence-electron chi connectivity index (χ4n) is 4.78. The topological polar surface area (TPSA) is 11.6 Å². The van der Waals surface area contributed by atoms with Gasteiger partial charge in [0.15, 0.2) is 24.2 Å². The highest BCUT2D eigenvalue weighted by atomic mass is 15.5. The van der Waals surface area contributed by atoms with Gasteiger partial charge in [0.05, 0.1) is 5.56 Å². The van der Waals surface area contributed by atoms with Gasteiger partial charge in [-0.1, -0.05) is 25.8 Å². The molecule has 3 aromatic heterocycles. The van der Waals surface area contributed by atoms with Crippen LogP contribution in [0, 0.1) is 6.92 Å². The molecule has 0 amide bonds. The van der Waals surface area contributed by atoms with Gasteiger partial charge < -0.3 is 0 Å². The zero-order valence-corrected chi connectivity index (χ0v) is 14.5. The Morgan fingerprint density at radius 3 is 2.12 bits per heavy atom. The molecule has 2 aliphatic rings. The number of rotatable bonds is 0. The minimum Gasteiger partial charge on any atom is -0.0672 e. The van der Waals surface area contributed by atoms with Crippen molar-refractivity contribution < 1.29 is 13.7 Å². The second kappa shape index (κ2) is 4.64. The Balaban J connectivity index is 1.89. The van der Waals surface area contributed by atoms with Crippen LogP contribution >= 0.6 is 0 Å². The third-order valence-corrected chi connectivity index (χ3v) is 5.73. The summed E-state index contributed by atoms with van der Waals surface area (Å²) in [6.07, 6.45) is 6.61. The van der Waals surface area contributed by atoms with Crippen LogP contribution in [0.5, 0.6) is 0 Å². The van der Waals surface area contributed by atoms with E-state index in [9.17, 15) is 0 Å². The highest BCUT2D eigenvalue weighted by Crippen LogP contribution is 2.38. The molecule has 0 N–H and O–H groups in total. The molecule has 0 saturated carbocycles. The highest BCUT2D eigenvalue weighted by molar-refractivity contribution is 5.65. The normalized spacial score (nSPS) is 18.3. The largest absolute Gasteiger partial charge is 0.591 e. The third-order valence-electron chi connectivity index (χ3n) is 5.73. The first kappa shape index (κ1) is 13.9. The average Bonchev–Trinajstić information content (AvgIpc) is 3.16. The van der Waals surface area contributed by atoms with Crippen molar-refractivity contribution in [2.45, 2.75) is 12.7 Å². The summed E-state index contributed by atoms with van der Waals surface area (Å²) in [5.41, 5.74) is 7.63. The molecule has 1 aromatic carbocycles. The van der Waals surface area contributed by atoms with Gasteiger partial charge in [0.2, 0.25) is 5.69 Å². The lowest BCUT2D eigenvalue weighted by Gasteiger charge is -2.10. The molecule has 5 heterocycles. The van der Waals surface area contributed by atoms with Crippen molar-refractivity contribution in [3.8, 4) is 22.6 Å². The molecular weight excluding hydrogens is 318 g/mol. The van der Waals surface area contributed by atoms with Crippen molar-refractivity contribution in [2.24, 2.45) is 0 Å². The van der Waals surface area contributed by atoms with Crippen LogP contribution in [0.4, 0.5) is 0 Å². The van der Waals surface area contributed by atoms with Gasteiger partial charge in [-0.3, -0.25) is 0 Å². The Labute approximate surface area is 152 Å². The van der Waals surface area contributed by atoms with Gasteiger partial charge >= 0.3 is 5.79 Å². The van der Waals surface area contributed by atoms with Crippen LogP contribution in [0.15, 0.2) is 91.4 Å².